The minimum Gasteiger partial charge on any atom is -0.381 e. The largest absolute Gasteiger partial charge is 0.381 e. The third kappa shape index (κ3) is 4.13. The van der Waals surface area contributed by atoms with Crippen LogP contribution in [0.5, 0.6) is 0 Å². The first-order valence-corrected chi connectivity index (χ1v) is 9.48. The van der Waals surface area contributed by atoms with E-state index in [4.69, 9.17) is 4.74 Å². The predicted molar refractivity (Wildman–Crippen MR) is 92.2 cm³/mol. The molecule has 1 aliphatic heterocycles. The summed E-state index contributed by atoms with van der Waals surface area (Å²) in [6.07, 6.45) is 3.79. The summed E-state index contributed by atoms with van der Waals surface area (Å²) in [7, 11) is 0. The number of ether oxygens (including phenoxy) is 1. The van der Waals surface area contributed by atoms with Crippen molar-refractivity contribution < 1.29 is 14.3 Å². The summed E-state index contributed by atoms with van der Waals surface area (Å²) in [5.74, 6) is 0.361. The number of hydrogen-bond donors (Lipinski definition) is 1. The minimum atomic E-state index is -0.0936. The normalized spacial score (nSPS) is 18.4. The van der Waals surface area contributed by atoms with E-state index >= 15 is 0 Å². The van der Waals surface area contributed by atoms with Crippen molar-refractivity contribution in [3.05, 3.63) is 15.6 Å². The lowest BCUT2D eigenvalue weighted by atomic mass is 10.1. The second kappa shape index (κ2) is 7.61. The molecule has 132 valence electrons. The van der Waals surface area contributed by atoms with Crippen LogP contribution in [-0.4, -0.2) is 54.0 Å². The molecule has 3 rings (SSSR count). The Bertz CT molecular complexity index is 606. The Hall–Kier alpha value is -1.47. The topological polar surface area (TPSA) is 71.5 Å². The van der Waals surface area contributed by atoms with Crippen molar-refractivity contribution in [3.63, 3.8) is 0 Å². The molecule has 2 amide bonds. The number of rotatable bonds is 6. The highest BCUT2D eigenvalue weighted by molar-refractivity contribution is 7.13. The standard InChI is InChI=1S/C17H25N3O3S/c1-11-15(24-12(2)19-11)16(21)18-7-8-20(17(22)13-3-4-13)14-5-9-23-10-6-14/h13-14H,3-10H2,1-2H3,(H,18,21). The number of nitrogens with one attached hydrogen (secondary N) is 1. The van der Waals surface area contributed by atoms with Crippen LogP contribution in [0, 0.1) is 19.8 Å². The molecule has 2 aliphatic rings. The molecule has 6 nitrogen and oxygen atoms in total. The Labute approximate surface area is 146 Å². The van der Waals surface area contributed by atoms with Crippen molar-refractivity contribution in [2.75, 3.05) is 26.3 Å². The first-order valence-electron chi connectivity index (χ1n) is 8.66. The van der Waals surface area contributed by atoms with Crippen molar-refractivity contribution in [2.24, 2.45) is 5.92 Å². The van der Waals surface area contributed by atoms with Crippen molar-refractivity contribution in [1.82, 2.24) is 15.2 Å². The SMILES string of the molecule is Cc1nc(C)c(C(=O)NCCN(C(=O)C2CC2)C2CCOCC2)s1. The first-order chi connectivity index (χ1) is 11.6. The Kier molecular flexibility index (Phi) is 5.50. The van der Waals surface area contributed by atoms with Crippen molar-refractivity contribution >= 4 is 23.2 Å². The number of amides is 2. The molecule has 2 fully saturated rings. The third-order valence-corrected chi connectivity index (χ3v) is 5.66. The fourth-order valence-corrected chi connectivity index (χ4v) is 3.98. The van der Waals surface area contributed by atoms with E-state index in [1.54, 1.807) is 0 Å². The Morgan fingerprint density at radius 3 is 2.54 bits per heavy atom. The fourth-order valence-electron chi connectivity index (χ4n) is 3.15. The maximum Gasteiger partial charge on any atom is 0.263 e. The molecule has 0 bridgehead atoms. The number of aryl methyl sites for hydroxylation is 2. The molecule has 1 N–H and O–H groups in total. The van der Waals surface area contributed by atoms with Gasteiger partial charge < -0.3 is 15.0 Å². The van der Waals surface area contributed by atoms with Gasteiger partial charge in [0, 0.05) is 38.3 Å². The third-order valence-electron chi connectivity index (χ3n) is 4.59. The number of aromatic nitrogens is 1. The Balaban J connectivity index is 1.55. The molecular weight excluding hydrogens is 326 g/mol. The summed E-state index contributed by atoms with van der Waals surface area (Å²) in [6, 6.07) is 0.246. The second-order valence-electron chi connectivity index (χ2n) is 6.55. The molecule has 1 aliphatic carbocycles. The second-order valence-corrected chi connectivity index (χ2v) is 7.76. The van der Waals surface area contributed by atoms with Crippen LogP contribution in [-0.2, 0) is 9.53 Å². The molecule has 1 aromatic rings. The molecule has 0 radical (unpaired) electrons. The number of thiazole rings is 1. The monoisotopic (exact) mass is 351 g/mol. The maximum atomic E-state index is 12.6. The van der Waals surface area contributed by atoms with E-state index in [1.807, 2.05) is 18.7 Å². The van der Waals surface area contributed by atoms with Crippen LogP contribution in [0.3, 0.4) is 0 Å². The lowest BCUT2D eigenvalue weighted by Crippen LogP contribution is -2.47. The van der Waals surface area contributed by atoms with E-state index in [-0.39, 0.29) is 23.8 Å². The van der Waals surface area contributed by atoms with Crippen LogP contribution in [0.1, 0.15) is 46.1 Å². The maximum absolute atomic E-state index is 12.6. The molecule has 0 atom stereocenters. The smallest absolute Gasteiger partial charge is 0.263 e. The Morgan fingerprint density at radius 1 is 1.25 bits per heavy atom. The van der Waals surface area contributed by atoms with E-state index in [9.17, 15) is 9.59 Å². The number of hydrogen-bond acceptors (Lipinski definition) is 5. The van der Waals surface area contributed by atoms with Crippen LogP contribution in [0.4, 0.5) is 0 Å². The summed E-state index contributed by atoms with van der Waals surface area (Å²) < 4.78 is 5.41. The minimum absolute atomic E-state index is 0.0936. The summed E-state index contributed by atoms with van der Waals surface area (Å²) in [6.45, 7) is 6.22. The van der Waals surface area contributed by atoms with Gasteiger partial charge in [0.25, 0.3) is 5.91 Å². The quantitative estimate of drug-likeness (QED) is 0.850. The Morgan fingerprint density at radius 2 is 1.96 bits per heavy atom. The van der Waals surface area contributed by atoms with Crippen LogP contribution in [0.15, 0.2) is 0 Å². The van der Waals surface area contributed by atoms with Gasteiger partial charge in [0.15, 0.2) is 0 Å². The molecule has 2 heterocycles. The summed E-state index contributed by atoms with van der Waals surface area (Å²) in [5.41, 5.74) is 0.769. The molecular formula is C17H25N3O3S. The highest BCUT2D eigenvalue weighted by Crippen LogP contribution is 2.32. The highest BCUT2D eigenvalue weighted by atomic mass is 32.1. The summed E-state index contributed by atoms with van der Waals surface area (Å²) in [5, 5.41) is 3.84. The van der Waals surface area contributed by atoms with Crippen molar-refractivity contribution in [1.29, 1.82) is 0 Å². The van der Waals surface area contributed by atoms with E-state index in [0.717, 1.165) is 36.4 Å². The summed E-state index contributed by atoms with van der Waals surface area (Å²) >= 11 is 1.41. The fraction of sp³-hybridized carbons (Fsp3) is 0.706. The van der Waals surface area contributed by atoms with Crippen molar-refractivity contribution in [3.8, 4) is 0 Å². The zero-order valence-corrected chi connectivity index (χ0v) is 15.2. The molecule has 1 saturated carbocycles. The lowest BCUT2D eigenvalue weighted by Gasteiger charge is -2.34. The van der Waals surface area contributed by atoms with Crippen LogP contribution in [0.2, 0.25) is 0 Å². The van der Waals surface area contributed by atoms with E-state index < -0.39 is 0 Å². The van der Waals surface area contributed by atoms with Crippen LogP contribution < -0.4 is 5.32 Å². The van der Waals surface area contributed by atoms with Gasteiger partial charge in [-0.25, -0.2) is 4.98 Å². The molecule has 0 unspecified atom stereocenters. The van der Waals surface area contributed by atoms with Crippen molar-refractivity contribution in [2.45, 2.75) is 45.6 Å². The molecule has 0 aromatic carbocycles. The molecule has 1 aromatic heterocycles. The zero-order valence-electron chi connectivity index (χ0n) is 14.3. The predicted octanol–water partition coefficient (Wildman–Crippen LogP) is 1.91. The molecule has 1 saturated heterocycles. The van der Waals surface area contributed by atoms with Gasteiger partial charge in [-0.3, -0.25) is 9.59 Å². The van der Waals surface area contributed by atoms with E-state index in [1.165, 1.54) is 11.3 Å². The van der Waals surface area contributed by atoms with Gasteiger partial charge in [-0.15, -0.1) is 11.3 Å². The highest BCUT2D eigenvalue weighted by Gasteiger charge is 2.36. The van der Waals surface area contributed by atoms with Gasteiger partial charge in [0.2, 0.25) is 5.91 Å². The van der Waals surface area contributed by atoms with Crippen LogP contribution >= 0.6 is 11.3 Å². The molecule has 7 heteroatoms. The van der Waals surface area contributed by atoms with E-state index in [0.29, 0.717) is 31.2 Å². The van der Waals surface area contributed by atoms with E-state index in [2.05, 4.69) is 10.3 Å². The van der Waals surface area contributed by atoms with Crippen LogP contribution in [0.25, 0.3) is 0 Å². The van der Waals surface area contributed by atoms with Gasteiger partial charge >= 0.3 is 0 Å². The number of carbonyl (C=O) groups is 2. The van der Waals surface area contributed by atoms with Gasteiger partial charge in [-0.2, -0.15) is 0 Å². The molecule has 0 spiro atoms. The average Bonchev–Trinajstić information content (AvgIpc) is 3.36. The zero-order chi connectivity index (χ0) is 17.1. The first kappa shape index (κ1) is 17.4. The van der Waals surface area contributed by atoms with Gasteiger partial charge in [-0.05, 0) is 39.5 Å². The van der Waals surface area contributed by atoms with Gasteiger partial charge in [-0.1, -0.05) is 0 Å². The number of nitrogens with zero attached hydrogens (tertiary/aromatic N) is 2. The summed E-state index contributed by atoms with van der Waals surface area (Å²) in [4.78, 5) is 31.8. The number of carbonyl (C=O) groups excluding carboxylic acids is 2. The van der Waals surface area contributed by atoms with Gasteiger partial charge in [0.05, 0.1) is 10.7 Å². The van der Waals surface area contributed by atoms with Gasteiger partial charge in [0.1, 0.15) is 4.88 Å². The average molecular weight is 351 g/mol. The lowest BCUT2D eigenvalue weighted by molar-refractivity contribution is -0.136. The molecule has 24 heavy (non-hydrogen) atoms.